The molecule has 2 N–H and O–H groups in total. The Morgan fingerprint density at radius 2 is 2.11 bits per heavy atom. The maximum Gasteiger partial charge on any atom is 0.433 e. The summed E-state index contributed by atoms with van der Waals surface area (Å²) >= 11 is 0. The van der Waals surface area contributed by atoms with Crippen molar-refractivity contribution in [3.63, 3.8) is 0 Å². The molecule has 8 heteroatoms. The average Bonchev–Trinajstić information content (AvgIpc) is 2.65. The van der Waals surface area contributed by atoms with Crippen molar-refractivity contribution >= 4 is 5.91 Å². The number of benzene rings is 1. The van der Waals surface area contributed by atoms with E-state index in [2.05, 4.69) is 10.3 Å². The van der Waals surface area contributed by atoms with Gasteiger partial charge in [0.05, 0.1) is 19.2 Å². The summed E-state index contributed by atoms with van der Waals surface area (Å²) in [6.45, 7) is -0.0494. The highest BCUT2D eigenvalue weighted by atomic mass is 19.4. The zero-order chi connectivity index (χ0) is 19.7. The molecule has 1 heterocycles. The topological polar surface area (TPSA) is 71.5 Å². The molecule has 1 aliphatic carbocycles. The van der Waals surface area contributed by atoms with Crippen LogP contribution in [0.5, 0.6) is 5.75 Å². The van der Waals surface area contributed by atoms with Gasteiger partial charge in [-0.25, -0.2) is 0 Å². The van der Waals surface area contributed by atoms with Crippen molar-refractivity contribution in [1.29, 1.82) is 0 Å². The van der Waals surface area contributed by atoms with Crippen molar-refractivity contribution in [2.45, 2.75) is 31.0 Å². The summed E-state index contributed by atoms with van der Waals surface area (Å²) in [6, 6.07) is 7.21. The molecule has 3 rings (SSSR count). The lowest BCUT2D eigenvalue weighted by molar-refractivity contribution is -0.141. The monoisotopic (exact) mass is 380 g/mol. The summed E-state index contributed by atoms with van der Waals surface area (Å²) in [6.07, 6.45) is -1.67. The van der Waals surface area contributed by atoms with Crippen molar-refractivity contribution in [3.05, 3.63) is 58.9 Å². The molecule has 27 heavy (non-hydrogen) atoms. The second-order valence-electron chi connectivity index (χ2n) is 6.52. The van der Waals surface area contributed by atoms with Crippen LogP contribution in [0.1, 0.15) is 40.0 Å². The second-order valence-corrected chi connectivity index (χ2v) is 6.52. The zero-order valence-corrected chi connectivity index (χ0v) is 14.6. The number of carbonyl (C=O) groups is 1. The first kappa shape index (κ1) is 19.2. The van der Waals surface area contributed by atoms with Gasteiger partial charge in [-0.05, 0) is 54.7 Å². The SMILES string of the molecule is COc1ccc2c(c1)CCCC2(O)CNC(=O)c1ccc(C(F)(F)F)nc1. The number of rotatable bonds is 4. The number of alkyl halides is 3. The second kappa shape index (κ2) is 7.19. The predicted octanol–water partition coefficient (Wildman–Crippen LogP) is 3.06. The summed E-state index contributed by atoms with van der Waals surface area (Å²) in [5.41, 5.74) is -0.631. The van der Waals surface area contributed by atoms with E-state index in [1.807, 2.05) is 6.07 Å². The smallest absolute Gasteiger partial charge is 0.433 e. The van der Waals surface area contributed by atoms with E-state index in [0.717, 1.165) is 42.3 Å². The highest BCUT2D eigenvalue weighted by Gasteiger charge is 2.35. The third kappa shape index (κ3) is 4.05. The molecule has 0 aliphatic heterocycles. The summed E-state index contributed by atoms with van der Waals surface area (Å²) in [5, 5.41) is 13.6. The minimum atomic E-state index is -4.56. The van der Waals surface area contributed by atoms with Crippen molar-refractivity contribution < 1.29 is 27.8 Å². The number of aliphatic hydroxyl groups is 1. The lowest BCUT2D eigenvalue weighted by Crippen LogP contribution is -2.43. The highest BCUT2D eigenvalue weighted by molar-refractivity contribution is 5.93. The molecule has 144 valence electrons. The van der Waals surface area contributed by atoms with Gasteiger partial charge in [0.25, 0.3) is 5.91 Å². The summed E-state index contributed by atoms with van der Waals surface area (Å²) in [7, 11) is 1.56. The summed E-state index contributed by atoms with van der Waals surface area (Å²) in [5.74, 6) is 0.100. The van der Waals surface area contributed by atoms with Crippen LogP contribution in [0.4, 0.5) is 13.2 Å². The van der Waals surface area contributed by atoms with E-state index in [9.17, 15) is 23.1 Å². The molecule has 1 amide bonds. The van der Waals surface area contributed by atoms with Crippen LogP contribution in [0.25, 0.3) is 0 Å². The fraction of sp³-hybridized carbons (Fsp3) is 0.368. The van der Waals surface area contributed by atoms with Gasteiger partial charge < -0.3 is 15.2 Å². The predicted molar refractivity (Wildman–Crippen MR) is 91.4 cm³/mol. The van der Waals surface area contributed by atoms with Gasteiger partial charge in [0.1, 0.15) is 17.0 Å². The number of halogens is 3. The molecule has 0 bridgehead atoms. The molecule has 1 aromatic carbocycles. The molecule has 0 radical (unpaired) electrons. The van der Waals surface area contributed by atoms with Crippen LogP contribution in [0.15, 0.2) is 36.5 Å². The number of hydrogen-bond acceptors (Lipinski definition) is 4. The molecule has 1 unspecified atom stereocenters. The lowest BCUT2D eigenvalue weighted by atomic mass is 9.79. The van der Waals surface area contributed by atoms with Gasteiger partial charge in [0.15, 0.2) is 0 Å². The highest BCUT2D eigenvalue weighted by Crippen LogP contribution is 2.36. The Morgan fingerprint density at radius 1 is 1.33 bits per heavy atom. The Labute approximate surface area is 154 Å². The summed E-state index contributed by atoms with van der Waals surface area (Å²) in [4.78, 5) is 15.5. The van der Waals surface area contributed by atoms with E-state index < -0.39 is 23.4 Å². The molecular formula is C19H19F3N2O3. The van der Waals surface area contributed by atoms with Crippen molar-refractivity contribution in [3.8, 4) is 5.75 Å². The minimum absolute atomic E-state index is 0.00244. The van der Waals surface area contributed by atoms with Crippen LogP contribution in [0.2, 0.25) is 0 Å². The number of pyridine rings is 1. The molecule has 0 saturated carbocycles. The molecular weight excluding hydrogens is 361 g/mol. The van der Waals surface area contributed by atoms with Crippen LogP contribution < -0.4 is 10.1 Å². The number of fused-ring (bicyclic) bond motifs is 1. The van der Waals surface area contributed by atoms with Crippen molar-refractivity contribution in [2.24, 2.45) is 0 Å². The number of ether oxygens (including phenoxy) is 1. The first-order chi connectivity index (χ1) is 12.7. The molecule has 1 aromatic heterocycles. The van der Waals surface area contributed by atoms with Crippen LogP contribution >= 0.6 is 0 Å². The fourth-order valence-corrected chi connectivity index (χ4v) is 3.27. The largest absolute Gasteiger partial charge is 0.497 e. The van der Waals surface area contributed by atoms with E-state index in [1.165, 1.54) is 0 Å². The van der Waals surface area contributed by atoms with E-state index in [0.29, 0.717) is 12.2 Å². The van der Waals surface area contributed by atoms with Crippen LogP contribution in [-0.4, -0.2) is 29.7 Å². The molecule has 1 aliphatic rings. The maximum atomic E-state index is 12.6. The molecule has 5 nitrogen and oxygen atoms in total. The van der Waals surface area contributed by atoms with Crippen LogP contribution in [0.3, 0.4) is 0 Å². The molecule has 0 spiro atoms. The van der Waals surface area contributed by atoms with Crippen LogP contribution in [-0.2, 0) is 18.2 Å². The quantitative estimate of drug-likeness (QED) is 0.855. The third-order valence-corrected chi connectivity index (χ3v) is 4.71. The summed E-state index contributed by atoms with van der Waals surface area (Å²) < 4.78 is 42.9. The Bertz CT molecular complexity index is 837. The molecule has 0 fully saturated rings. The van der Waals surface area contributed by atoms with Gasteiger partial charge in [-0.2, -0.15) is 13.2 Å². The number of carbonyl (C=O) groups excluding carboxylic acids is 1. The Morgan fingerprint density at radius 3 is 2.74 bits per heavy atom. The first-order valence-corrected chi connectivity index (χ1v) is 8.44. The zero-order valence-electron chi connectivity index (χ0n) is 14.6. The number of aromatic nitrogens is 1. The maximum absolute atomic E-state index is 12.6. The van der Waals surface area contributed by atoms with Crippen molar-refractivity contribution in [1.82, 2.24) is 10.3 Å². The Hall–Kier alpha value is -2.61. The van der Waals surface area contributed by atoms with E-state index >= 15 is 0 Å². The van der Waals surface area contributed by atoms with Gasteiger partial charge in [-0.15, -0.1) is 0 Å². The minimum Gasteiger partial charge on any atom is -0.497 e. The van der Waals surface area contributed by atoms with Crippen molar-refractivity contribution in [2.75, 3.05) is 13.7 Å². The van der Waals surface area contributed by atoms with Gasteiger partial charge in [-0.1, -0.05) is 6.07 Å². The number of methoxy groups -OCH3 is 1. The molecule has 0 saturated heterocycles. The van der Waals surface area contributed by atoms with E-state index in [1.54, 1.807) is 19.2 Å². The molecule has 2 aromatic rings. The number of nitrogens with one attached hydrogen (secondary N) is 1. The van der Waals surface area contributed by atoms with Gasteiger partial charge in [0, 0.05) is 6.20 Å². The Balaban J connectivity index is 1.72. The van der Waals surface area contributed by atoms with E-state index in [-0.39, 0.29) is 12.1 Å². The standard InChI is InChI=1S/C19H19F3N2O3/c1-27-14-5-6-15-12(9-14)3-2-8-18(15,26)11-24-17(25)13-4-7-16(23-10-13)19(20,21)22/h4-7,9-10,26H,2-3,8,11H2,1H3,(H,24,25). The van der Waals surface area contributed by atoms with Crippen LogP contribution in [0, 0.1) is 0 Å². The third-order valence-electron chi connectivity index (χ3n) is 4.71. The first-order valence-electron chi connectivity index (χ1n) is 8.44. The van der Waals surface area contributed by atoms with Gasteiger partial charge in [-0.3, -0.25) is 9.78 Å². The van der Waals surface area contributed by atoms with Gasteiger partial charge in [0.2, 0.25) is 0 Å². The number of amides is 1. The number of nitrogens with zero attached hydrogens (tertiary/aromatic N) is 1. The van der Waals surface area contributed by atoms with Gasteiger partial charge >= 0.3 is 6.18 Å². The molecule has 1 atom stereocenters. The Kier molecular flexibility index (Phi) is 5.10. The normalized spacial score (nSPS) is 19.3. The lowest BCUT2D eigenvalue weighted by Gasteiger charge is -2.35. The van der Waals surface area contributed by atoms with E-state index in [4.69, 9.17) is 4.74 Å². The number of hydrogen-bond donors (Lipinski definition) is 2. The number of aryl methyl sites for hydroxylation is 1. The average molecular weight is 380 g/mol. The fourth-order valence-electron chi connectivity index (χ4n) is 3.27.